The van der Waals surface area contributed by atoms with Crippen molar-refractivity contribution >= 4 is 0 Å². The van der Waals surface area contributed by atoms with Gasteiger partial charge in [-0.3, -0.25) is 0 Å². The molecule has 2 aliphatic rings. The molecule has 3 heteroatoms. The molecule has 0 aromatic heterocycles. The predicted molar refractivity (Wildman–Crippen MR) is 70.7 cm³/mol. The highest BCUT2D eigenvalue weighted by molar-refractivity contribution is 5.09. The SMILES string of the molecule is CC(C)(C)C1CCC(CN)(C2(O)CNC2)CC1. The number of hydrogen-bond donors (Lipinski definition) is 3. The van der Waals surface area contributed by atoms with Crippen LogP contribution in [-0.4, -0.2) is 30.3 Å². The van der Waals surface area contributed by atoms with Crippen LogP contribution >= 0.6 is 0 Å². The summed E-state index contributed by atoms with van der Waals surface area (Å²) in [5.74, 6) is 0.777. The first kappa shape index (κ1) is 13.3. The van der Waals surface area contributed by atoms with Crippen LogP contribution in [0.2, 0.25) is 0 Å². The van der Waals surface area contributed by atoms with Gasteiger partial charge in [-0.2, -0.15) is 0 Å². The zero-order valence-corrected chi connectivity index (χ0v) is 11.6. The molecule has 0 aromatic carbocycles. The normalized spacial score (nSPS) is 37.6. The summed E-state index contributed by atoms with van der Waals surface area (Å²) in [5.41, 5.74) is 5.83. The fraction of sp³-hybridized carbons (Fsp3) is 1.00. The van der Waals surface area contributed by atoms with Gasteiger partial charge < -0.3 is 16.2 Å². The molecule has 0 bridgehead atoms. The van der Waals surface area contributed by atoms with Crippen molar-refractivity contribution in [3.05, 3.63) is 0 Å². The molecule has 2 rings (SSSR count). The van der Waals surface area contributed by atoms with E-state index in [1.807, 2.05) is 0 Å². The van der Waals surface area contributed by atoms with Crippen molar-refractivity contribution in [1.82, 2.24) is 5.32 Å². The highest BCUT2D eigenvalue weighted by Crippen LogP contribution is 2.50. The van der Waals surface area contributed by atoms with E-state index in [0.717, 1.165) is 31.8 Å². The summed E-state index contributed by atoms with van der Waals surface area (Å²) in [4.78, 5) is 0. The van der Waals surface area contributed by atoms with Crippen LogP contribution in [0, 0.1) is 16.7 Å². The summed E-state index contributed by atoms with van der Waals surface area (Å²) in [6.45, 7) is 9.06. The van der Waals surface area contributed by atoms with Crippen molar-refractivity contribution in [3.8, 4) is 0 Å². The summed E-state index contributed by atoms with van der Waals surface area (Å²) >= 11 is 0. The Labute approximate surface area is 105 Å². The van der Waals surface area contributed by atoms with Gasteiger partial charge >= 0.3 is 0 Å². The van der Waals surface area contributed by atoms with E-state index in [0.29, 0.717) is 12.0 Å². The Kier molecular flexibility index (Phi) is 3.30. The molecule has 1 aliphatic heterocycles. The molecule has 0 spiro atoms. The van der Waals surface area contributed by atoms with E-state index < -0.39 is 5.60 Å². The van der Waals surface area contributed by atoms with Crippen LogP contribution in [0.5, 0.6) is 0 Å². The topological polar surface area (TPSA) is 58.3 Å². The molecule has 4 N–H and O–H groups in total. The average molecular weight is 240 g/mol. The van der Waals surface area contributed by atoms with Gasteiger partial charge in [-0.15, -0.1) is 0 Å². The summed E-state index contributed by atoms with van der Waals surface area (Å²) in [6, 6.07) is 0. The van der Waals surface area contributed by atoms with Crippen molar-refractivity contribution < 1.29 is 5.11 Å². The summed E-state index contributed by atoms with van der Waals surface area (Å²) in [7, 11) is 0. The second kappa shape index (κ2) is 4.22. The van der Waals surface area contributed by atoms with Gasteiger partial charge in [0.05, 0.1) is 5.60 Å². The molecular formula is C14H28N2O. The minimum Gasteiger partial charge on any atom is -0.387 e. The molecule has 0 amide bonds. The number of hydrogen-bond acceptors (Lipinski definition) is 3. The van der Waals surface area contributed by atoms with Crippen molar-refractivity contribution in [3.63, 3.8) is 0 Å². The Morgan fingerprint density at radius 1 is 1.24 bits per heavy atom. The molecule has 1 aliphatic carbocycles. The van der Waals surface area contributed by atoms with Gasteiger partial charge in [-0.1, -0.05) is 20.8 Å². The maximum atomic E-state index is 10.6. The van der Waals surface area contributed by atoms with Crippen LogP contribution in [0.1, 0.15) is 46.5 Å². The van der Waals surface area contributed by atoms with E-state index in [-0.39, 0.29) is 5.41 Å². The lowest BCUT2D eigenvalue weighted by atomic mass is 9.56. The highest BCUT2D eigenvalue weighted by Gasteiger charge is 2.54. The maximum absolute atomic E-state index is 10.6. The van der Waals surface area contributed by atoms with E-state index in [9.17, 15) is 5.11 Å². The smallest absolute Gasteiger partial charge is 0.0962 e. The number of nitrogens with one attached hydrogen (secondary N) is 1. The minimum absolute atomic E-state index is 0.0278. The Morgan fingerprint density at radius 2 is 1.76 bits per heavy atom. The number of β-amino-alcohol motifs (C(OH)–C–C–N with tert-alkyl or cyclic N) is 1. The molecular weight excluding hydrogens is 212 g/mol. The summed E-state index contributed by atoms with van der Waals surface area (Å²) in [5, 5.41) is 13.8. The van der Waals surface area contributed by atoms with Gasteiger partial charge in [-0.25, -0.2) is 0 Å². The lowest BCUT2D eigenvalue weighted by molar-refractivity contribution is -0.140. The van der Waals surface area contributed by atoms with Crippen molar-refractivity contribution in [1.29, 1.82) is 0 Å². The van der Waals surface area contributed by atoms with Crippen LogP contribution < -0.4 is 11.1 Å². The molecule has 0 atom stereocenters. The zero-order chi connectivity index (χ0) is 12.7. The molecule has 1 saturated carbocycles. The van der Waals surface area contributed by atoms with Gasteiger partial charge in [0.2, 0.25) is 0 Å². The fourth-order valence-electron chi connectivity index (χ4n) is 3.63. The van der Waals surface area contributed by atoms with E-state index in [1.165, 1.54) is 12.8 Å². The van der Waals surface area contributed by atoms with E-state index in [2.05, 4.69) is 26.1 Å². The predicted octanol–water partition coefficient (Wildman–Crippen LogP) is 1.50. The van der Waals surface area contributed by atoms with Gasteiger partial charge in [0, 0.05) is 25.0 Å². The largest absolute Gasteiger partial charge is 0.387 e. The Balaban J connectivity index is 2.05. The molecule has 0 radical (unpaired) electrons. The van der Waals surface area contributed by atoms with Gasteiger partial charge in [-0.05, 0) is 37.0 Å². The van der Waals surface area contributed by atoms with E-state index in [1.54, 1.807) is 0 Å². The molecule has 17 heavy (non-hydrogen) atoms. The van der Waals surface area contributed by atoms with Gasteiger partial charge in [0.1, 0.15) is 0 Å². The summed E-state index contributed by atoms with van der Waals surface area (Å²) in [6.07, 6.45) is 4.60. The monoisotopic (exact) mass is 240 g/mol. The molecule has 3 nitrogen and oxygen atoms in total. The number of aliphatic hydroxyl groups is 1. The van der Waals surface area contributed by atoms with Gasteiger partial charge in [0.25, 0.3) is 0 Å². The molecule has 0 aromatic rings. The standard InChI is InChI=1S/C14H28N2O/c1-12(2,3)11-4-6-13(8-15,7-5-11)14(17)9-16-10-14/h11,16-17H,4-10,15H2,1-3H3. The van der Waals surface area contributed by atoms with E-state index in [4.69, 9.17) is 5.73 Å². The number of nitrogens with two attached hydrogens (primary N) is 1. The zero-order valence-electron chi connectivity index (χ0n) is 11.6. The van der Waals surface area contributed by atoms with Crippen LogP contribution in [0.4, 0.5) is 0 Å². The van der Waals surface area contributed by atoms with Crippen LogP contribution in [0.15, 0.2) is 0 Å². The lowest BCUT2D eigenvalue weighted by Gasteiger charge is -2.56. The minimum atomic E-state index is -0.537. The van der Waals surface area contributed by atoms with Crippen molar-refractivity contribution in [2.24, 2.45) is 22.5 Å². The first-order valence-corrected chi connectivity index (χ1v) is 6.96. The van der Waals surface area contributed by atoms with Crippen LogP contribution in [-0.2, 0) is 0 Å². The third kappa shape index (κ3) is 2.13. The molecule has 2 fully saturated rings. The molecule has 100 valence electrons. The third-order valence-electron chi connectivity index (χ3n) is 5.38. The lowest BCUT2D eigenvalue weighted by Crippen LogP contribution is -2.71. The van der Waals surface area contributed by atoms with Crippen LogP contribution in [0.3, 0.4) is 0 Å². The van der Waals surface area contributed by atoms with Gasteiger partial charge in [0.15, 0.2) is 0 Å². The Hall–Kier alpha value is -0.120. The second-order valence-electron chi connectivity index (χ2n) is 7.26. The van der Waals surface area contributed by atoms with Crippen molar-refractivity contribution in [2.75, 3.05) is 19.6 Å². The average Bonchev–Trinajstić information content (AvgIpc) is 2.24. The first-order valence-electron chi connectivity index (χ1n) is 6.96. The van der Waals surface area contributed by atoms with Crippen LogP contribution in [0.25, 0.3) is 0 Å². The summed E-state index contributed by atoms with van der Waals surface area (Å²) < 4.78 is 0. The number of rotatable bonds is 2. The first-order chi connectivity index (χ1) is 7.83. The third-order valence-corrected chi connectivity index (χ3v) is 5.38. The van der Waals surface area contributed by atoms with E-state index >= 15 is 0 Å². The molecule has 0 unspecified atom stereocenters. The van der Waals surface area contributed by atoms with Crippen molar-refractivity contribution in [2.45, 2.75) is 52.1 Å². The molecule has 1 saturated heterocycles. The quantitative estimate of drug-likeness (QED) is 0.685. The second-order valence-corrected chi connectivity index (χ2v) is 7.26. The Morgan fingerprint density at radius 3 is 2.06 bits per heavy atom. The molecule has 1 heterocycles. The maximum Gasteiger partial charge on any atom is 0.0962 e. The Bertz CT molecular complexity index is 270. The highest BCUT2D eigenvalue weighted by atomic mass is 16.3. The fourth-order valence-corrected chi connectivity index (χ4v) is 3.63.